The fraction of sp³-hybridized carbons (Fsp3) is 0.938. The van der Waals surface area contributed by atoms with Gasteiger partial charge in [0.05, 0.1) is 5.92 Å². The zero-order valence-electron chi connectivity index (χ0n) is 14.0. The monoisotopic (exact) mass is 288 g/mol. The van der Waals surface area contributed by atoms with Crippen molar-refractivity contribution in [1.29, 1.82) is 0 Å². The Morgan fingerprint density at radius 1 is 1.10 bits per heavy atom. The van der Waals surface area contributed by atoms with Crippen LogP contribution >= 0.6 is 0 Å². The lowest BCUT2D eigenvalue weighted by atomic mass is 9.89. The molecule has 0 saturated heterocycles. The molecule has 0 aliphatic heterocycles. The van der Waals surface area contributed by atoms with Crippen LogP contribution in [-0.2, 0) is 19.6 Å². The lowest BCUT2D eigenvalue weighted by Gasteiger charge is -2.29. The average molecular weight is 288 g/mol. The van der Waals surface area contributed by atoms with Crippen molar-refractivity contribution in [2.24, 2.45) is 11.8 Å². The lowest BCUT2D eigenvalue weighted by molar-refractivity contribution is -0.522. The van der Waals surface area contributed by atoms with Gasteiger partial charge in [-0.1, -0.05) is 47.0 Å². The van der Waals surface area contributed by atoms with Crippen molar-refractivity contribution in [3.05, 3.63) is 0 Å². The molecule has 0 N–H and O–H groups in total. The van der Waals surface area contributed by atoms with E-state index < -0.39 is 5.60 Å². The molecule has 0 radical (unpaired) electrons. The summed E-state index contributed by atoms with van der Waals surface area (Å²) in [6.07, 6.45) is 5.82. The van der Waals surface area contributed by atoms with Gasteiger partial charge in [-0.15, -0.1) is 0 Å². The van der Waals surface area contributed by atoms with Gasteiger partial charge in [0.2, 0.25) is 0 Å². The van der Waals surface area contributed by atoms with Crippen LogP contribution in [0.5, 0.6) is 0 Å². The number of carbonyl (C=O) groups excluding carboxylic acids is 1. The van der Waals surface area contributed by atoms with Crippen molar-refractivity contribution >= 4 is 5.97 Å². The van der Waals surface area contributed by atoms with Gasteiger partial charge >= 0.3 is 5.97 Å². The van der Waals surface area contributed by atoms with Crippen LogP contribution in [0.3, 0.4) is 0 Å². The third-order valence-corrected chi connectivity index (χ3v) is 4.01. The molecule has 20 heavy (non-hydrogen) atoms. The highest BCUT2D eigenvalue weighted by Crippen LogP contribution is 2.25. The van der Waals surface area contributed by atoms with Crippen LogP contribution in [0, 0.1) is 11.8 Å². The minimum Gasteiger partial charge on any atom is -0.269 e. The van der Waals surface area contributed by atoms with Crippen molar-refractivity contribution < 1.29 is 19.6 Å². The largest absolute Gasteiger partial charge is 0.348 e. The van der Waals surface area contributed by atoms with Crippen LogP contribution in [-0.4, -0.2) is 11.6 Å². The third kappa shape index (κ3) is 7.25. The van der Waals surface area contributed by atoms with Crippen LogP contribution in [0.25, 0.3) is 0 Å². The van der Waals surface area contributed by atoms with Gasteiger partial charge in [0.25, 0.3) is 0 Å². The van der Waals surface area contributed by atoms with E-state index in [1.807, 2.05) is 20.8 Å². The maximum atomic E-state index is 11.8. The predicted octanol–water partition coefficient (Wildman–Crippen LogP) is 4.82. The Bertz CT molecular complexity index is 263. The zero-order chi connectivity index (χ0) is 15.6. The van der Waals surface area contributed by atoms with Crippen LogP contribution in [0.2, 0.25) is 0 Å². The standard InChI is InChI=1S/C16H32O4/c1-7-10-12-14(9-3)15(17)18-20-19-16(5,6)13(4)11-8-2/h13-14H,7-12H2,1-6H3. The van der Waals surface area contributed by atoms with E-state index in [2.05, 4.69) is 20.8 Å². The molecule has 4 nitrogen and oxygen atoms in total. The summed E-state index contributed by atoms with van der Waals surface area (Å²) in [4.78, 5) is 21.9. The summed E-state index contributed by atoms with van der Waals surface area (Å²) in [5, 5.41) is 4.74. The van der Waals surface area contributed by atoms with Crippen LogP contribution in [0.1, 0.15) is 80.1 Å². The molecule has 0 fully saturated rings. The average Bonchev–Trinajstić information content (AvgIpc) is 2.39. The van der Waals surface area contributed by atoms with Crippen LogP contribution in [0.4, 0.5) is 0 Å². The molecule has 0 spiro atoms. The summed E-state index contributed by atoms with van der Waals surface area (Å²) in [6, 6.07) is 0. The Morgan fingerprint density at radius 3 is 2.25 bits per heavy atom. The molecular formula is C16H32O4. The minimum atomic E-state index is -0.471. The molecule has 120 valence electrons. The fourth-order valence-corrected chi connectivity index (χ4v) is 2.01. The Morgan fingerprint density at radius 2 is 1.75 bits per heavy atom. The van der Waals surface area contributed by atoms with Crippen LogP contribution < -0.4 is 0 Å². The molecule has 2 atom stereocenters. The maximum Gasteiger partial charge on any atom is 0.348 e. The van der Waals surface area contributed by atoms with E-state index in [4.69, 9.17) is 14.8 Å². The highest BCUT2D eigenvalue weighted by molar-refractivity contribution is 5.71. The first-order valence-electron chi connectivity index (χ1n) is 7.95. The molecule has 0 rings (SSSR count). The minimum absolute atomic E-state index is 0.102. The van der Waals surface area contributed by atoms with Crippen LogP contribution in [0.15, 0.2) is 0 Å². The Kier molecular flexibility index (Phi) is 9.86. The van der Waals surface area contributed by atoms with E-state index in [1.165, 1.54) is 0 Å². The van der Waals surface area contributed by atoms with Crippen molar-refractivity contribution in [1.82, 2.24) is 0 Å². The molecule has 2 unspecified atom stereocenters. The van der Waals surface area contributed by atoms with E-state index in [0.29, 0.717) is 5.92 Å². The molecule has 0 bridgehead atoms. The first kappa shape index (κ1) is 19.4. The van der Waals surface area contributed by atoms with Gasteiger partial charge in [-0.3, -0.25) is 4.89 Å². The van der Waals surface area contributed by atoms with Crippen molar-refractivity contribution in [3.8, 4) is 0 Å². The van der Waals surface area contributed by atoms with Gasteiger partial charge in [-0.2, -0.15) is 4.89 Å². The Labute approximate surface area is 124 Å². The van der Waals surface area contributed by atoms with E-state index in [0.717, 1.165) is 38.5 Å². The molecule has 4 heteroatoms. The first-order valence-corrected chi connectivity index (χ1v) is 7.95. The number of hydrogen-bond donors (Lipinski definition) is 0. The second-order valence-corrected chi connectivity index (χ2v) is 6.09. The van der Waals surface area contributed by atoms with Gasteiger partial charge in [0.15, 0.2) is 0 Å². The molecule has 0 heterocycles. The summed E-state index contributed by atoms with van der Waals surface area (Å²) in [6.45, 7) is 12.2. The van der Waals surface area contributed by atoms with E-state index in [-0.39, 0.29) is 11.9 Å². The molecule has 0 aliphatic carbocycles. The van der Waals surface area contributed by atoms with Gasteiger partial charge in [0, 0.05) is 0 Å². The van der Waals surface area contributed by atoms with Crippen molar-refractivity contribution in [2.75, 3.05) is 0 Å². The molecule has 0 aromatic carbocycles. The summed E-state index contributed by atoms with van der Waals surface area (Å²) in [5.74, 6) is -0.108. The molecule has 0 aromatic rings. The zero-order valence-corrected chi connectivity index (χ0v) is 14.0. The Hall–Kier alpha value is -0.610. The second kappa shape index (κ2) is 10.2. The predicted molar refractivity (Wildman–Crippen MR) is 79.7 cm³/mol. The van der Waals surface area contributed by atoms with E-state index >= 15 is 0 Å². The summed E-state index contributed by atoms with van der Waals surface area (Å²) in [5.41, 5.74) is -0.471. The number of carbonyl (C=O) groups is 1. The topological polar surface area (TPSA) is 44.8 Å². The first-order chi connectivity index (χ1) is 9.38. The van der Waals surface area contributed by atoms with Gasteiger partial charge in [-0.25, -0.2) is 4.79 Å². The van der Waals surface area contributed by atoms with E-state index in [1.54, 1.807) is 0 Å². The maximum absolute atomic E-state index is 11.8. The summed E-state index contributed by atoms with van der Waals surface area (Å²) in [7, 11) is 0. The fourth-order valence-electron chi connectivity index (χ4n) is 2.01. The number of rotatable bonds is 11. The third-order valence-electron chi connectivity index (χ3n) is 4.01. The highest BCUT2D eigenvalue weighted by Gasteiger charge is 2.29. The smallest absolute Gasteiger partial charge is 0.269 e. The second-order valence-electron chi connectivity index (χ2n) is 6.09. The van der Waals surface area contributed by atoms with Gasteiger partial charge in [0.1, 0.15) is 5.60 Å². The quantitative estimate of drug-likeness (QED) is 0.404. The molecule has 0 saturated carbocycles. The Balaban J connectivity index is 4.11. The highest BCUT2D eigenvalue weighted by atomic mass is 17.5. The summed E-state index contributed by atoms with van der Waals surface area (Å²) < 4.78 is 0. The normalized spacial score (nSPS) is 14.9. The van der Waals surface area contributed by atoms with Gasteiger partial charge < -0.3 is 0 Å². The van der Waals surface area contributed by atoms with Crippen molar-refractivity contribution in [2.45, 2.75) is 85.7 Å². The van der Waals surface area contributed by atoms with E-state index in [9.17, 15) is 4.79 Å². The molecule has 0 aliphatic rings. The SMILES string of the molecule is CCCCC(CC)C(=O)OOOC(C)(C)C(C)CCC. The molecule has 0 aromatic heterocycles. The molecular weight excluding hydrogens is 256 g/mol. The molecule has 0 amide bonds. The number of hydrogen-bond acceptors (Lipinski definition) is 4. The summed E-state index contributed by atoms with van der Waals surface area (Å²) >= 11 is 0. The van der Waals surface area contributed by atoms with Crippen molar-refractivity contribution in [3.63, 3.8) is 0 Å². The lowest BCUT2D eigenvalue weighted by Crippen LogP contribution is -2.33. The number of unbranched alkanes of at least 4 members (excludes halogenated alkanes) is 1. The van der Waals surface area contributed by atoms with Gasteiger partial charge in [-0.05, 0) is 44.1 Å².